The van der Waals surface area contributed by atoms with Gasteiger partial charge in [-0.15, -0.1) is 0 Å². The number of urea groups is 1. The van der Waals surface area contributed by atoms with Crippen LogP contribution >= 0.6 is 0 Å². The molecule has 2 aliphatic heterocycles. The molecule has 2 heterocycles. The van der Waals surface area contributed by atoms with Crippen LogP contribution < -0.4 is 5.32 Å². The fourth-order valence-electron chi connectivity index (χ4n) is 3.06. The summed E-state index contributed by atoms with van der Waals surface area (Å²) < 4.78 is 0. The molecule has 22 heavy (non-hydrogen) atoms. The Morgan fingerprint density at radius 2 is 2.14 bits per heavy atom. The van der Waals surface area contributed by atoms with Gasteiger partial charge in [-0.1, -0.05) is 12.1 Å². The highest BCUT2D eigenvalue weighted by Gasteiger charge is 2.46. The van der Waals surface area contributed by atoms with Gasteiger partial charge in [0.2, 0.25) is 5.91 Å². The van der Waals surface area contributed by atoms with Gasteiger partial charge in [-0.25, -0.2) is 4.79 Å². The second-order valence-electron chi connectivity index (χ2n) is 5.83. The maximum absolute atomic E-state index is 12.3. The maximum atomic E-state index is 12.3. The number of aryl methyl sites for hydroxylation is 1. The van der Waals surface area contributed by atoms with Crippen LogP contribution in [0.2, 0.25) is 0 Å². The number of carbonyl (C=O) groups is 3. The zero-order chi connectivity index (χ0) is 15.7. The Labute approximate surface area is 129 Å². The minimum absolute atomic E-state index is 0.224. The minimum Gasteiger partial charge on any atom is -0.325 e. The van der Waals surface area contributed by atoms with Crippen molar-refractivity contribution in [2.45, 2.75) is 32.2 Å². The summed E-state index contributed by atoms with van der Waals surface area (Å²) in [7, 11) is 0. The van der Waals surface area contributed by atoms with Crippen LogP contribution in [0.3, 0.4) is 0 Å². The van der Waals surface area contributed by atoms with Crippen LogP contribution in [-0.2, 0) is 9.59 Å². The molecule has 1 aromatic rings. The van der Waals surface area contributed by atoms with Crippen LogP contribution in [0.15, 0.2) is 24.3 Å². The monoisotopic (exact) mass is 301 g/mol. The molecule has 2 saturated heterocycles. The topological polar surface area (TPSA) is 69.7 Å². The Morgan fingerprint density at radius 3 is 2.86 bits per heavy atom. The predicted molar refractivity (Wildman–Crippen MR) is 81.3 cm³/mol. The third-order valence-electron chi connectivity index (χ3n) is 4.13. The molecular formula is C16H19N3O3. The molecule has 6 nitrogen and oxygen atoms in total. The average molecular weight is 301 g/mol. The summed E-state index contributed by atoms with van der Waals surface area (Å²) in [6.45, 7) is 2.31. The van der Waals surface area contributed by atoms with E-state index in [1.165, 1.54) is 0 Å². The number of imide groups is 1. The van der Waals surface area contributed by atoms with Gasteiger partial charge < -0.3 is 10.2 Å². The van der Waals surface area contributed by atoms with Gasteiger partial charge >= 0.3 is 6.03 Å². The van der Waals surface area contributed by atoms with Crippen molar-refractivity contribution in [3.05, 3.63) is 29.8 Å². The Bertz CT molecular complexity index is 605. The Hall–Kier alpha value is -2.37. The molecule has 0 saturated carbocycles. The molecule has 1 atom stereocenters. The van der Waals surface area contributed by atoms with Crippen molar-refractivity contribution in [2.24, 2.45) is 0 Å². The van der Waals surface area contributed by atoms with Crippen LogP contribution in [0, 0.1) is 6.92 Å². The third-order valence-corrected chi connectivity index (χ3v) is 4.13. The fourth-order valence-corrected chi connectivity index (χ4v) is 3.06. The van der Waals surface area contributed by atoms with E-state index < -0.39 is 0 Å². The molecule has 1 N–H and O–H groups in total. The Kier molecular flexibility index (Phi) is 3.83. The lowest BCUT2D eigenvalue weighted by molar-refractivity contribution is -0.131. The smallest absolute Gasteiger partial charge is 0.325 e. The zero-order valence-electron chi connectivity index (χ0n) is 12.5. The number of benzene rings is 1. The first-order chi connectivity index (χ1) is 10.6. The predicted octanol–water partition coefficient (Wildman–Crippen LogP) is 1.75. The largest absolute Gasteiger partial charge is 0.327 e. The lowest BCUT2D eigenvalue weighted by Crippen LogP contribution is -2.39. The van der Waals surface area contributed by atoms with Crippen LogP contribution in [0.5, 0.6) is 0 Å². The number of nitrogens with zero attached hydrogens (tertiary/aromatic N) is 2. The standard InChI is InChI=1S/C16H19N3O3/c1-11-5-4-6-12(9-11)17-14(20)10-19-15(21)13-7-2-3-8-18(13)16(19)22/h4-6,9,13H,2-3,7-8,10H2,1H3,(H,17,20). The van der Waals surface area contributed by atoms with Gasteiger partial charge in [0.1, 0.15) is 12.6 Å². The molecule has 1 unspecified atom stereocenters. The summed E-state index contributed by atoms with van der Waals surface area (Å²) >= 11 is 0. The van der Waals surface area contributed by atoms with Crippen molar-refractivity contribution < 1.29 is 14.4 Å². The molecule has 6 heteroatoms. The van der Waals surface area contributed by atoms with Crippen molar-refractivity contribution in [3.8, 4) is 0 Å². The molecule has 3 rings (SSSR count). The second kappa shape index (κ2) is 5.79. The number of hydrogen-bond acceptors (Lipinski definition) is 3. The Morgan fingerprint density at radius 1 is 1.32 bits per heavy atom. The number of fused-ring (bicyclic) bond motifs is 1. The molecule has 2 fully saturated rings. The van der Waals surface area contributed by atoms with E-state index in [1.807, 2.05) is 25.1 Å². The molecule has 1 aromatic carbocycles. The lowest BCUT2D eigenvalue weighted by Gasteiger charge is -2.26. The molecule has 0 spiro atoms. The second-order valence-corrected chi connectivity index (χ2v) is 5.83. The summed E-state index contributed by atoms with van der Waals surface area (Å²) in [5.41, 5.74) is 1.70. The van der Waals surface area contributed by atoms with Gasteiger partial charge in [-0.2, -0.15) is 0 Å². The zero-order valence-corrected chi connectivity index (χ0v) is 12.5. The first kappa shape index (κ1) is 14.6. The molecular weight excluding hydrogens is 282 g/mol. The molecule has 0 aromatic heterocycles. The van der Waals surface area contributed by atoms with Crippen LogP contribution in [0.4, 0.5) is 10.5 Å². The number of hydrogen-bond donors (Lipinski definition) is 1. The van der Waals surface area contributed by atoms with E-state index in [0.29, 0.717) is 18.7 Å². The van der Waals surface area contributed by atoms with Crippen molar-refractivity contribution in [1.29, 1.82) is 0 Å². The molecule has 2 aliphatic rings. The third kappa shape index (κ3) is 2.68. The summed E-state index contributed by atoms with van der Waals surface area (Å²) in [5, 5.41) is 2.73. The molecule has 0 radical (unpaired) electrons. The number of nitrogens with one attached hydrogen (secondary N) is 1. The van der Waals surface area contributed by atoms with E-state index in [1.54, 1.807) is 11.0 Å². The maximum Gasteiger partial charge on any atom is 0.327 e. The number of rotatable bonds is 3. The highest BCUT2D eigenvalue weighted by molar-refractivity contribution is 6.08. The van der Waals surface area contributed by atoms with Crippen LogP contribution in [0.1, 0.15) is 24.8 Å². The van der Waals surface area contributed by atoms with Crippen molar-refractivity contribution in [2.75, 3.05) is 18.4 Å². The highest BCUT2D eigenvalue weighted by Crippen LogP contribution is 2.26. The normalized spacial score (nSPS) is 21.0. The van der Waals surface area contributed by atoms with Crippen LogP contribution in [0.25, 0.3) is 0 Å². The molecule has 116 valence electrons. The van der Waals surface area contributed by atoms with E-state index in [9.17, 15) is 14.4 Å². The SMILES string of the molecule is Cc1cccc(NC(=O)CN2C(=O)C3CCCCN3C2=O)c1. The molecule has 0 aliphatic carbocycles. The first-order valence-corrected chi connectivity index (χ1v) is 7.55. The van der Waals surface area contributed by atoms with Crippen molar-refractivity contribution >= 4 is 23.5 Å². The van der Waals surface area contributed by atoms with E-state index in [4.69, 9.17) is 0 Å². The van der Waals surface area contributed by atoms with Gasteiger partial charge in [0.15, 0.2) is 0 Å². The number of piperidine rings is 1. The molecule has 4 amide bonds. The van der Waals surface area contributed by atoms with E-state index >= 15 is 0 Å². The summed E-state index contributed by atoms with van der Waals surface area (Å²) in [4.78, 5) is 39.3. The highest BCUT2D eigenvalue weighted by atomic mass is 16.2. The minimum atomic E-state index is -0.368. The van der Waals surface area contributed by atoms with E-state index in [0.717, 1.165) is 23.3 Å². The summed E-state index contributed by atoms with van der Waals surface area (Å²) in [6.07, 6.45) is 2.56. The summed E-state index contributed by atoms with van der Waals surface area (Å²) in [5.74, 6) is -0.601. The average Bonchev–Trinajstić information content (AvgIpc) is 2.73. The van der Waals surface area contributed by atoms with E-state index in [-0.39, 0.29) is 30.4 Å². The first-order valence-electron chi connectivity index (χ1n) is 7.55. The van der Waals surface area contributed by atoms with E-state index in [2.05, 4.69) is 5.32 Å². The fraction of sp³-hybridized carbons (Fsp3) is 0.438. The number of anilines is 1. The number of carbonyl (C=O) groups excluding carboxylic acids is 3. The quantitative estimate of drug-likeness (QED) is 0.865. The van der Waals surface area contributed by atoms with Gasteiger partial charge in [0.25, 0.3) is 5.91 Å². The van der Waals surface area contributed by atoms with Gasteiger partial charge in [0, 0.05) is 12.2 Å². The van der Waals surface area contributed by atoms with Crippen molar-refractivity contribution in [3.63, 3.8) is 0 Å². The lowest BCUT2D eigenvalue weighted by atomic mass is 10.0. The van der Waals surface area contributed by atoms with Gasteiger partial charge in [-0.3, -0.25) is 14.5 Å². The molecule has 0 bridgehead atoms. The summed E-state index contributed by atoms with van der Waals surface area (Å²) in [6, 6.07) is 6.69. The van der Waals surface area contributed by atoms with Gasteiger partial charge in [-0.05, 0) is 43.9 Å². The Balaban J connectivity index is 1.66. The number of amides is 4. The van der Waals surface area contributed by atoms with Crippen molar-refractivity contribution in [1.82, 2.24) is 9.80 Å². The van der Waals surface area contributed by atoms with Crippen LogP contribution in [-0.4, -0.2) is 46.8 Å². The van der Waals surface area contributed by atoms with Gasteiger partial charge in [0.05, 0.1) is 0 Å².